The Kier molecular flexibility index (Phi) is 2.94. The van der Waals surface area contributed by atoms with Crippen molar-refractivity contribution in [3.05, 3.63) is 17.0 Å². The zero-order chi connectivity index (χ0) is 12.6. The van der Waals surface area contributed by atoms with Gasteiger partial charge in [0.05, 0.1) is 22.8 Å². The first-order chi connectivity index (χ1) is 7.89. The minimum atomic E-state index is -2.97. The van der Waals surface area contributed by atoms with E-state index in [2.05, 4.69) is 15.5 Å². The topological polar surface area (TPSA) is 91.9 Å². The van der Waals surface area contributed by atoms with Crippen molar-refractivity contribution < 1.29 is 13.2 Å². The molecule has 2 N–H and O–H groups in total. The second-order valence-electron chi connectivity index (χ2n) is 4.38. The van der Waals surface area contributed by atoms with E-state index in [1.165, 1.54) is 0 Å². The van der Waals surface area contributed by atoms with Gasteiger partial charge in [-0.15, -0.1) is 0 Å². The number of amides is 1. The fraction of sp³-hybridized carbons (Fsp3) is 0.600. The molecule has 1 aromatic rings. The quantitative estimate of drug-likeness (QED) is 0.776. The number of rotatable bonds is 2. The Morgan fingerprint density at radius 2 is 2.18 bits per heavy atom. The number of carbonyl (C=O) groups is 1. The molecule has 1 unspecified atom stereocenters. The molecule has 1 aromatic heterocycles. The molecule has 2 heterocycles. The molecule has 7 heteroatoms. The Morgan fingerprint density at radius 3 is 2.65 bits per heavy atom. The normalized spacial score (nSPS) is 22.6. The maximum absolute atomic E-state index is 11.9. The molecule has 1 fully saturated rings. The number of hydrogen-bond acceptors (Lipinski definition) is 4. The lowest BCUT2D eigenvalue weighted by molar-refractivity contribution is 0.0940. The molecule has 0 spiro atoms. The number of aromatic nitrogens is 2. The summed E-state index contributed by atoms with van der Waals surface area (Å²) in [6.07, 6.45) is 0.490. The van der Waals surface area contributed by atoms with E-state index in [9.17, 15) is 13.2 Å². The van der Waals surface area contributed by atoms with Gasteiger partial charge in [0.25, 0.3) is 5.91 Å². The van der Waals surface area contributed by atoms with Crippen LogP contribution in [-0.4, -0.2) is 42.1 Å². The highest BCUT2D eigenvalue weighted by Gasteiger charge is 2.30. The summed E-state index contributed by atoms with van der Waals surface area (Å²) in [6, 6.07) is -0.277. The van der Waals surface area contributed by atoms with Gasteiger partial charge in [0.2, 0.25) is 0 Å². The van der Waals surface area contributed by atoms with Gasteiger partial charge in [0, 0.05) is 11.7 Å². The van der Waals surface area contributed by atoms with Crippen molar-refractivity contribution in [2.24, 2.45) is 0 Å². The van der Waals surface area contributed by atoms with Crippen LogP contribution in [0.15, 0.2) is 0 Å². The maximum atomic E-state index is 11.9. The maximum Gasteiger partial charge on any atom is 0.255 e. The molecule has 0 aliphatic carbocycles. The zero-order valence-electron chi connectivity index (χ0n) is 9.78. The largest absolute Gasteiger partial charge is 0.348 e. The van der Waals surface area contributed by atoms with Gasteiger partial charge < -0.3 is 5.32 Å². The number of H-pyrrole nitrogens is 1. The summed E-state index contributed by atoms with van der Waals surface area (Å²) in [5.74, 6) is -0.0634. The highest BCUT2D eigenvalue weighted by Crippen LogP contribution is 2.14. The molecule has 1 aliphatic rings. The first kappa shape index (κ1) is 12.1. The molecule has 6 nitrogen and oxygen atoms in total. The molecule has 0 aromatic carbocycles. The number of aryl methyl sites for hydroxylation is 2. The molecule has 94 valence electrons. The molecule has 1 amide bonds. The highest BCUT2D eigenvalue weighted by atomic mass is 32.2. The van der Waals surface area contributed by atoms with Crippen LogP contribution in [0.3, 0.4) is 0 Å². The number of aromatic amines is 1. The van der Waals surface area contributed by atoms with Gasteiger partial charge in [0.1, 0.15) is 0 Å². The SMILES string of the molecule is Cc1n[nH]c(C)c1C(=O)NC1CCS(=O)(=O)C1. The Labute approximate surface area is 99.7 Å². The predicted molar refractivity (Wildman–Crippen MR) is 62.6 cm³/mol. The van der Waals surface area contributed by atoms with Gasteiger partial charge in [-0.2, -0.15) is 5.10 Å². The number of hydrogen-bond donors (Lipinski definition) is 2. The lowest BCUT2D eigenvalue weighted by Gasteiger charge is -2.10. The summed E-state index contributed by atoms with van der Waals surface area (Å²) in [4.78, 5) is 11.9. The van der Waals surface area contributed by atoms with Crippen LogP contribution in [0.1, 0.15) is 28.2 Å². The molecular weight excluding hydrogens is 242 g/mol. The van der Waals surface area contributed by atoms with E-state index in [1.54, 1.807) is 13.8 Å². The molecule has 1 atom stereocenters. The first-order valence-electron chi connectivity index (χ1n) is 5.42. The highest BCUT2D eigenvalue weighted by molar-refractivity contribution is 7.91. The molecule has 1 saturated heterocycles. The van der Waals surface area contributed by atoms with Gasteiger partial charge in [-0.05, 0) is 20.3 Å². The Bertz CT molecular complexity index is 528. The molecule has 17 heavy (non-hydrogen) atoms. The van der Waals surface area contributed by atoms with Crippen LogP contribution in [0.25, 0.3) is 0 Å². The average molecular weight is 257 g/mol. The van der Waals surface area contributed by atoms with Crippen molar-refractivity contribution in [2.45, 2.75) is 26.3 Å². The molecule has 0 bridgehead atoms. The summed E-state index contributed by atoms with van der Waals surface area (Å²) in [6.45, 7) is 3.50. The Hall–Kier alpha value is -1.37. The minimum absolute atomic E-state index is 0.0364. The lowest BCUT2D eigenvalue weighted by atomic mass is 10.1. The molecule has 1 aliphatic heterocycles. The van der Waals surface area contributed by atoms with Crippen LogP contribution in [-0.2, 0) is 9.84 Å². The van der Waals surface area contributed by atoms with E-state index in [-0.39, 0.29) is 23.5 Å². The summed E-state index contributed by atoms with van der Waals surface area (Å²) >= 11 is 0. The lowest BCUT2D eigenvalue weighted by Crippen LogP contribution is -2.36. The molecule has 0 radical (unpaired) electrons. The van der Waals surface area contributed by atoms with Gasteiger partial charge in [-0.3, -0.25) is 9.89 Å². The van der Waals surface area contributed by atoms with Crippen LogP contribution in [0, 0.1) is 13.8 Å². The van der Waals surface area contributed by atoms with Crippen molar-refractivity contribution in [1.82, 2.24) is 15.5 Å². The van der Waals surface area contributed by atoms with Crippen molar-refractivity contribution in [2.75, 3.05) is 11.5 Å². The third kappa shape index (κ3) is 2.49. The minimum Gasteiger partial charge on any atom is -0.348 e. The monoisotopic (exact) mass is 257 g/mol. The number of carbonyl (C=O) groups excluding carboxylic acids is 1. The average Bonchev–Trinajstić information content (AvgIpc) is 2.70. The van der Waals surface area contributed by atoms with Crippen LogP contribution in [0.5, 0.6) is 0 Å². The number of nitrogens with zero attached hydrogens (tertiary/aromatic N) is 1. The third-order valence-electron chi connectivity index (χ3n) is 2.92. The summed E-state index contributed by atoms with van der Waals surface area (Å²) in [5, 5.41) is 9.41. The smallest absolute Gasteiger partial charge is 0.255 e. The predicted octanol–water partition coefficient (Wildman–Crippen LogP) is -0.0566. The van der Waals surface area contributed by atoms with Crippen molar-refractivity contribution in [3.63, 3.8) is 0 Å². The number of nitrogens with one attached hydrogen (secondary N) is 2. The molecule has 0 saturated carbocycles. The van der Waals surface area contributed by atoms with E-state index in [1.807, 2.05) is 0 Å². The molecule has 2 rings (SSSR count). The van der Waals surface area contributed by atoms with Crippen LogP contribution in [0.4, 0.5) is 0 Å². The fourth-order valence-electron chi connectivity index (χ4n) is 2.05. The van der Waals surface area contributed by atoms with Gasteiger partial charge in [-0.25, -0.2) is 8.42 Å². The first-order valence-corrected chi connectivity index (χ1v) is 7.24. The summed E-state index contributed by atoms with van der Waals surface area (Å²) < 4.78 is 22.5. The van der Waals surface area contributed by atoms with Crippen molar-refractivity contribution in [3.8, 4) is 0 Å². The van der Waals surface area contributed by atoms with Crippen LogP contribution < -0.4 is 5.32 Å². The van der Waals surface area contributed by atoms with E-state index >= 15 is 0 Å². The van der Waals surface area contributed by atoms with E-state index in [4.69, 9.17) is 0 Å². The van der Waals surface area contributed by atoms with E-state index < -0.39 is 9.84 Å². The number of sulfone groups is 1. The summed E-state index contributed by atoms with van der Waals surface area (Å²) in [5.41, 5.74) is 1.83. The Balaban J connectivity index is 2.09. The van der Waals surface area contributed by atoms with E-state index in [0.29, 0.717) is 23.4 Å². The van der Waals surface area contributed by atoms with Crippen molar-refractivity contribution >= 4 is 15.7 Å². The molecular formula is C10H15N3O3S. The van der Waals surface area contributed by atoms with E-state index in [0.717, 1.165) is 0 Å². The van der Waals surface area contributed by atoms with Crippen LogP contribution in [0.2, 0.25) is 0 Å². The van der Waals surface area contributed by atoms with Gasteiger partial charge >= 0.3 is 0 Å². The zero-order valence-corrected chi connectivity index (χ0v) is 10.6. The second-order valence-corrected chi connectivity index (χ2v) is 6.61. The third-order valence-corrected chi connectivity index (χ3v) is 4.69. The Morgan fingerprint density at radius 1 is 1.47 bits per heavy atom. The second kappa shape index (κ2) is 4.14. The van der Waals surface area contributed by atoms with Gasteiger partial charge in [-0.1, -0.05) is 0 Å². The fourth-order valence-corrected chi connectivity index (χ4v) is 3.73. The van der Waals surface area contributed by atoms with Crippen LogP contribution >= 0.6 is 0 Å². The standard InChI is InChI=1S/C10H15N3O3S/c1-6-9(7(2)13-12-6)10(14)11-8-3-4-17(15,16)5-8/h8H,3-5H2,1-2H3,(H,11,14)(H,12,13). The summed E-state index contributed by atoms with van der Waals surface area (Å²) in [7, 11) is -2.97. The van der Waals surface area contributed by atoms with Crippen molar-refractivity contribution in [1.29, 1.82) is 0 Å². The van der Waals surface area contributed by atoms with Gasteiger partial charge in [0.15, 0.2) is 9.84 Å².